The summed E-state index contributed by atoms with van der Waals surface area (Å²) in [6.45, 7) is 4.66. The molecular formula is C20H26N4O4. The second-order valence-electron chi connectivity index (χ2n) is 6.88. The highest BCUT2D eigenvalue weighted by molar-refractivity contribution is 5.91. The van der Waals surface area contributed by atoms with Gasteiger partial charge in [0, 0.05) is 38.7 Å². The molecule has 150 valence electrons. The van der Waals surface area contributed by atoms with E-state index >= 15 is 0 Å². The lowest BCUT2D eigenvalue weighted by Crippen LogP contribution is -2.50. The van der Waals surface area contributed by atoms with E-state index in [0.29, 0.717) is 50.6 Å². The molecule has 8 heteroatoms. The first kappa shape index (κ1) is 19.9. The number of carbonyl (C=O) groups excluding carboxylic acids is 2. The molecule has 8 nitrogen and oxygen atoms in total. The molecule has 1 saturated heterocycles. The predicted octanol–water partition coefficient (Wildman–Crippen LogP) is 1.71. The van der Waals surface area contributed by atoms with Gasteiger partial charge < -0.3 is 19.5 Å². The van der Waals surface area contributed by atoms with Crippen LogP contribution in [0.1, 0.15) is 17.7 Å². The summed E-state index contributed by atoms with van der Waals surface area (Å²) < 4.78 is 10.2. The smallest absolute Gasteiger partial charge is 0.239 e. The molecule has 1 fully saturated rings. The number of ether oxygens (including phenoxy) is 1. The summed E-state index contributed by atoms with van der Waals surface area (Å²) in [4.78, 5) is 28.5. The summed E-state index contributed by atoms with van der Waals surface area (Å²) in [5.74, 6) is 1.89. The number of hydrogen-bond acceptors (Lipinski definition) is 6. The Labute approximate surface area is 164 Å². The van der Waals surface area contributed by atoms with E-state index in [0.717, 1.165) is 11.3 Å². The molecular weight excluding hydrogens is 360 g/mol. The number of hydrogen-bond donors (Lipinski definition) is 1. The van der Waals surface area contributed by atoms with Crippen molar-refractivity contribution in [3.63, 3.8) is 0 Å². The number of aryl methyl sites for hydroxylation is 2. The first-order valence-corrected chi connectivity index (χ1v) is 9.40. The highest BCUT2D eigenvalue weighted by Crippen LogP contribution is 2.15. The Kier molecular flexibility index (Phi) is 6.65. The molecule has 0 spiro atoms. The van der Waals surface area contributed by atoms with Gasteiger partial charge in [-0.25, -0.2) is 0 Å². The van der Waals surface area contributed by atoms with E-state index in [1.54, 1.807) is 20.1 Å². The molecule has 3 rings (SSSR count). The third kappa shape index (κ3) is 5.56. The van der Waals surface area contributed by atoms with Gasteiger partial charge in [-0.3, -0.25) is 14.5 Å². The molecule has 2 aromatic rings. The summed E-state index contributed by atoms with van der Waals surface area (Å²) in [6, 6.07) is 9.47. The number of benzene rings is 1. The molecule has 0 unspecified atom stereocenters. The van der Waals surface area contributed by atoms with E-state index in [2.05, 4.69) is 10.5 Å². The normalized spacial score (nSPS) is 14.7. The van der Waals surface area contributed by atoms with E-state index in [1.807, 2.05) is 34.1 Å². The average molecular weight is 386 g/mol. The van der Waals surface area contributed by atoms with Gasteiger partial charge in [0.2, 0.25) is 11.8 Å². The molecule has 2 amide bonds. The molecule has 1 N–H and O–H groups in total. The van der Waals surface area contributed by atoms with Gasteiger partial charge in [0.25, 0.3) is 0 Å². The third-order valence-corrected chi connectivity index (χ3v) is 4.75. The Morgan fingerprint density at radius 2 is 2.00 bits per heavy atom. The Morgan fingerprint density at radius 3 is 2.68 bits per heavy atom. The molecule has 0 radical (unpaired) electrons. The van der Waals surface area contributed by atoms with Crippen LogP contribution in [0, 0.1) is 6.92 Å². The minimum atomic E-state index is -0.133. The summed E-state index contributed by atoms with van der Waals surface area (Å²) in [5, 5.41) is 6.47. The number of rotatable bonds is 7. The van der Waals surface area contributed by atoms with Gasteiger partial charge in [-0.2, -0.15) is 0 Å². The Morgan fingerprint density at radius 1 is 1.21 bits per heavy atom. The first-order chi connectivity index (χ1) is 13.5. The van der Waals surface area contributed by atoms with Gasteiger partial charge in [0.05, 0.1) is 13.7 Å². The van der Waals surface area contributed by atoms with Crippen LogP contribution in [0.3, 0.4) is 0 Å². The highest BCUT2D eigenvalue weighted by Gasteiger charge is 2.22. The lowest BCUT2D eigenvalue weighted by atomic mass is 10.1. The van der Waals surface area contributed by atoms with Crippen LogP contribution in [-0.2, 0) is 16.0 Å². The number of aromatic nitrogens is 1. The lowest BCUT2D eigenvalue weighted by molar-refractivity contribution is -0.133. The number of carbonyl (C=O) groups is 2. The number of amides is 2. The molecule has 0 atom stereocenters. The Bertz CT molecular complexity index is 812. The van der Waals surface area contributed by atoms with Crippen molar-refractivity contribution in [1.82, 2.24) is 15.0 Å². The van der Waals surface area contributed by atoms with Crippen molar-refractivity contribution >= 4 is 17.6 Å². The van der Waals surface area contributed by atoms with Gasteiger partial charge in [-0.05, 0) is 31.0 Å². The monoisotopic (exact) mass is 386 g/mol. The molecule has 1 aromatic heterocycles. The van der Waals surface area contributed by atoms with Crippen LogP contribution in [0.25, 0.3) is 0 Å². The minimum Gasteiger partial charge on any atom is -0.497 e. The van der Waals surface area contributed by atoms with Gasteiger partial charge in [0.15, 0.2) is 5.82 Å². The van der Waals surface area contributed by atoms with Crippen LogP contribution in [0.5, 0.6) is 5.75 Å². The fraction of sp³-hybridized carbons (Fsp3) is 0.450. The minimum absolute atomic E-state index is 0.133. The molecule has 28 heavy (non-hydrogen) atoms. The van der Waals surface area contributed by atoms with Crippen molar-refractivity contribution in [2.75, 3.05) is 45.2 Å². The maximum atomic E-state index is 12.5. The third-order valence-electron chi connectivity index (χ3n) is 4.75. The number of nitrogens with zero attached hydrogens (tertiary/aromatic N) is 3. The van der Waals surface area contributed by atoms with Crippen molar-refractivity contribution < 1.29 is 18.8 Å². The average Bonchev–Trinajstić information content (AvgIpc) is 3.11. The summed E-state index contributed by atoms with van der Waals surface area (Å²) in [5.41, 5.74) is 1.09. The molecule has 2 heterocycles. The van der Waals surface area contributed by atoms with Crippen LogP contribution in [0.15, 0.2) is 34.9 Å². The summed E-state index contributed by atoms with van der Waals surface area (Å²) in [6.07, 6.45) is 1.16. The van der Waals surface area contributed by atoms with Gasteiger partial charge in [-0.1, -0.05) is 17.3 Å². The molecule has 0 aliphatic carbocycles. The van der Waals surface area contributed by atoms with E-state index < -0.39 is 0 Å². The molecule has 1 aliphatic heterocycles. The van der Waals surface area contributed by atoms with Crippen molar-refractivity contribution in [3.8, 4) is 5.75 Å². The summed E-state index contributed by atoms with van der Waals surface area (Å²) in [7, 11) is 1.64. The zero-order valence-corrected chi connectivity index (χ0v) is 16.3. The second kappa shape index (κ2) is 9.36. The fourth-order valence-corrected chi connectivity index (χ4v) is 3.20. The van der Waals surface area contributed by atoms with E-state index in [4.69, 9.17) is 9.26 Å². The maximum absolute atomic E-state index is 12.5. The molecule has 0 bridgehead atoms. The van der Waals surface area contributed by atoms with Gasteiger partial charge in [-0.15, -0.1) is 0 Å². The SMILES string of the molecule is COc1cccc(CCC(=O)N2CCN(CC(=O)Nc3cc(C)on3)CC2)c1. The quantitative estimate of drug-likeness (QED) is 0.779. The number of piperazine rings is 1. The number of anilines is 1. The van der Waals surface area contributed by atoms with Gasteiger partial charge in [0.1, 0.15) is 11.5 Å². The van der Waals surface area contributed by atoms with Crippen LogP contribution in [-0.4, -0.2) is 66.6 Å². The van der Waals surface area contributed by atoms with Crippen LogP contribution < -0.4 is 10.1 Å². The highest BCUT2D eigenvalue weighted by atomic mass is 16.5. The maximum Gasteiger partial charge on any atom is 0.239 e. The number of methoxy groups -OCH3 is 1. The predicted molar refractivity (Wildman–Crippen MR) is 104 cm³/mol. The zero-order chi connectivity index (χ0) is 19.9. The topological polar surface area (TPSA) is 87.9 Å². The second-order valence-corrected chi connectivity index (χ2v) is 6.88. The largest absolute Gasteiger partial charge is 0.497 e. The molecule has 1 aliphatic rings. The summed E-state index contributed by atoms with van der Waals surface area (Å²) >= 11 is 0. The number of nitrogens with one attached hydrogen (secondary N) is 1. The first-order valence-electron chi connectivity index (χ1n) is 9.40. The van der Waals surface area contributed by atoms with Crippen molar-refractivity contribution in [3.05, 3.63) is 41.7 Å². The fourth-order valence-electron chi connectivity index (χ4n) is 3.20. The van der Waals surface area contributed by atoms with Crippen LogP contribution in [0.4, 0.5) is 5.82 Å². The standard InChI is InChI=1S/C20H26N4O4/c1-15-12-18(22-28-15)21-19(25)14-23-8-10-24(11-9-23)20(26)7-6-16-4-3-5-17(13-16)27-2/h3-5,12-13H,6-11,14H2,1-2H3,(H,21,22,25). The van der Waals surface area contributed by atoms with Crippen molar-refractivity contribution in [2.45, 2.75) is 19.8 Å². The molecule has 1 aromatic carbocycles. The Hall–Kier alpha value is -2.87. The van der Waals surface area contributed by atoms with Gasteiger partial charge >= 0.3 is 0 Å². The zero-order valence-electron chi connectivity index (χ0n) is 16.3. The van der Waals surface area contributed by atoms with E-state index in [-0.39, 0.29) is 18.4 Å². The van der Waals surface area contributed by atoms with Crippen LogP contribution in [0.2, 0.25) is 0 Å². The van der Waals surface area contributed by atoms with E-state index in [1.165, 1.54) is 0 Å². The van der Waals surface area contributed by atoms with E-state index in [9.17, 15) is 9.59 Å². The van der Waals surface area contributed by atoms with Crippen LogP contribution >= 0.6 is 0 Å². The van der Waals surface area contributed by atoms with Crippen molar-refractivity contribution in [1.29, 1.82) is 0 Å². The lowest BCUT2D eigenvalue weighted by Gasteiger charge is -2.34. The Balaban J connectivity index is 1.39. The molecule has 0 saturated carbocycles. The van der Waals surface area contributed by atoms with Crippen molar-refractivity contribution in [2.24, 2.45) is 0 Å².